The predicted molar refractivity (Wildman–Crippen MR) is 73.8 cm³/mol. The maximum Gasteiger partial charge on any atom is 0.296 e. The summed E-state index contributed by atoms with van der Waals surface area (Å²) in [5.41, 5.74) is 1.77. The van der Waals surface area contributed by atoms with Crippen LogP contribution in [-0.2, 0) is 9.59 Å². The zero-order chi connectivity index (χ0) is 14.3. The van der Waals surface area contributed by atoms with Gasteiger partial charge in [0.15, 0.2) is 0 Å². The molecule has 1 aromatic rings. The molecule has 0 aliphatic carbocycles. The number of hydrogen-bond donors (Lipinski definition) is 2. The van der Waals surface area contributed by atoms with Crippen molar-refractivity contribution in [1.29, 1.82) is 0 Å². The van der Waals surface area contributed by atoms with E-state index in [2.05, 4.69) is 10.6 Å². The Morgan fingerprint density at radius 3 is 2.85 bits per heavy atom. The number of carbonyl (C=O) groups is 3. The molecule has 3 rings (SSSR count). The third kappa shape index (κ3) is 1.84. The lowest BCUT2D eigenvalue weighted by Crippen LogP contribution is -2.55. The lowest BCUT2D eigenvalue weighted by Gasteiger charge is -2.36. The summed E-state index contributed by atoms with van der Waals surface area (Å²) < 4.78 is 0. The lowest BCUT2D eigenvalue weighted by atomic mass is 10.1. The number of benzene rings is 1. The van der Waals surface area contributed by atoms with E-state index in [1.165, 1.54) is 0 Å². The highest BCUT2D eigenvalue weighted by molar-refractivity contribution is 6.51. The molecule has 1 atom stereocenters. The van der Waals surface area contributed by atoms with Crippen molar-refractivity contribution in [1.82, 2.24) is 5.32 Å². The largest absolute Gasteiger partial charge is 0.358 e. The summed E-state index contributed by atoms with van der Waals surface area (Å²) in [6.45, 7) is 3.27. The topological polar surface area (TPSA) is 78.5 Å². The third-order valence-electron chi connectivity index (χ3n) is 3.75. The van der Waals surface area contributed by atoms with Gasteiger partial charge in [-0.1, -0.05) is 6.92 Å². The fraction of sp³-hybridized carbons (Fsp3) is 0.357. The number of ketones is 1. The molecular weight excluding hydrogens is 258 g/mol. The van der Waals surface area contributed by atoms with Crippen LogP contribution in [0.25, 0.3) is 0 Å². The van der Waals surface area contributed by atoms with Crippen molar-refractivity contribution in [3.8, 4) is 0 Å². The van der Waals surface area contributed by atoms with Gasteiger partial charge in [0.2, 0.25) is 5.91 Å². The first-order valence-electron chi connectivity index (χ1n) is 6.66. The fourth-order valence-corrected chi connectivity index (χ4v) is 2.74. The van der Waals surface area contributed by atoms with Crippen LogP contribution >= 0.6 is 0 Å². The van der Waals surface area contributed by atoms with Gasteiger partial charge in [-0.25, -0.2) is 0 Å². The van der Waals surface area contributed by atoms with Crippen LogP contribution in [0.5, 0.6) is 0 Å². The summed E-state index contributed by atoms with van der Waals surface area (Å²) in [4.78, 5) is 36.8. The van der Waals surface area contributed by atoms with Crippen molar-refractivity contribution in [2.24, 2.45) is 0 Å². The number of piperazine rings is 1. The number of anilines is 2. The highest BCUT2D eigenvalue weighted by Crippen LogP contribution is 2.30. The Bertz CT molecular complexity index is 612. The number of carbonyl (C=O) groups excluding carboxylic acids is 3. The normalized spacial score (nSPS) is 21.6. The van der Waals surface area contributed by atoms with E-state index >= 15 is 0 Å². The molecule has 0 radical (unpaired) electrons. The maximum atomic E-state index is 11.9. The predicted octanol–water partition coefficient (Wildman–Crippen LogP) is 0.536. The van der Waals surface area contributed by atoms with E-state index in [1.807, 2.05) is 11.8 Å². The zero-order valence-electron chi connectivity index (χ0n) is 11.1. The number of fused-ring (bicyclic) bond motifs is 1. The van der Waals surface area contributed by atoms with Crippen LogP contribution in [0.15, 0.2) is 18.2 Å². The Balaban J connectivity index is 1.95. The number of hydrogen-bond acceptors (Lipinski definition) is 4. The summed E-state index contributed by atoms with van der Waals surface area (Å²) in [5, 5.41) is 5.40. The van der Waals surface area contributed by atoms with Gasteiger partial charge in [-0.2, -0.15) is 0 Å². The molecule has 6 heteroatoms. The van der Waals surface area contributed by atoms with Gasteiger partial charge in [-0.05, 0) is 24.6 Å². The average molecular weight is 273 g/mol. The molecule has 6 nitrogen and oxygen atoms in total. The van der Waals surface area contributed by atoms with Gasteiger partial charge in [0, 0.05) is 18.8 Å². The number of nitrogens with zero attached hydrogens (tertiary/aromatic N) is 1. The number of rotatable bonds is 2. The summed E-state index contributed by atoms with van der Waals surface area (Å²) in [6, 6.07) is 4.98. The standard InChI is InChI=1S/C14H15N3O3/c1-2-11-13(19)15-5-6-17(11)8-3-4-9-10(7-8)16-14(20)12(9)18/h3-4,7,11H,2,5-6H2,1H3,(H,15,19)(H,16,18,20). The molecule has 0 saturated carbocycles. The van der Waals surface area contributed by atoms with Crippen LogP contribution in [-0.4, -0.2) is 36.7 Å². The molecule has 0 aromatic heterocycles. The van der Waals surface area contributed by atoms with Crippen LogP contribution in [0.3, 0.4) is 0 Å². The average Bonchev–Trinajstić information content (AvgIpc) is 2.73. The summed E-state index contributed by atoms with van der Waals surface area (Å²) in [6.07, 6.45) is 0.703. The Labute approximate surface area is 116 Å². The van der Waals surface area contributed by atoms with Crippen molar-refractivity contribution in [3.63, 3.8) is 0 Å². The van der Waals surface area contributed by atoms with Gasteiger partial charge in [0.1, 0.15) is 6.04 Å². The maximum absolute atomic E-state index is 11.9. The molecule has 2 amide bonds. The minimum absolute atomic E-state index is 0.0133. The Kier molecular flexibility index (Phi) is 2.93. The van der Waals surface area contributed by atoms with Crippen molar-refractivity contribution >= 4 is 29.0 Å². The second kappa shape index (κ2) is 4.63. The molecule has 2 N–H and O–H groups in total. The third-order valence-corrected chi connectivity index (χ3v) is 3.75. The minimum atomic E-state index is -0.597. The molecule has 0 spiro atoms. The Morgan fingerprint density at radius 2 is 2.10 bits per heavy atom. The molecule has 1 aromatic carbocycles. The highest BCUT2D eigenvalue weighted by atomic mass is 16.2. The molecule has 0 bridgehead atoms. The van der Waals surface area contributed by atoms with Crippen molar-refractivity contribution in [2.75, 3.05) is 23.3 Å². The van der Waals surface area contributed by atoms with Crippen LogP contribution < -0.4 is 15.5 Å². The van der Waals surface area contributed by atoms with Crippen molar-refractivity contribution in [3.05, 3.63) is 23.8 Å². The van der Waals surface area contributed by atoms with E-state index in [9.17, 15) is 14.4 Å². The fourth-order valence-electron chi connectivity index (χ4n) is 2.74. The van der Waals surface area contributed by atoms with Crippen LogP contribution in [0, 0.1) is 0 Å². The van der Waals surface area contributed by atoms with Gasteiger partial charge in [0.05, 0.1) is 11.3 Å². The molecule has 2 aliphatic heterocycles. The minimum Gasteiger partial charge on any atom is -0.358 e. The molecule has 1 saturated heterocycles. The molecule has 104 valence electrons. The van der Waals surface area contributed by atoms with Gasteiger partial charge in [-0.15, -0.1) is 0 Å². The highest BCUT2D eigenvalue weighted by Gasteiger charge is 2.31. The van der Waals surface area contributed by atoms with Gasteiger partial charge in [-0.3, -0.25) is 14.4 Å². The summed E-state index contributed by atoms with van der Waals surface area (Å²) >= 11 is 0. The van der Waals surface area contributed by atoms with E-state index in [0.717, 1.165) is 5.69 Å². The van der Waals surface area contributed by atoms with Crippen LogP contribution in [0.1, 0.15) is 23.7 Å². The van der Waals surface area contributed by atoms with Gasteiger partial charge < -0.3 is 15.5 Å². The van der Waals surface area contributed by atoms with E-state index in [4.69, 9.17) is 0 Å². The second-order valence-corrected chi connectivity index (χ2v) is 4.92. The molecule has 2 heterocycles. The molecule has 2 aliphatic rings. The second-order valence-electron chi connectivity index (χ2n) is 4.92. The number of Topliss-reactive ketones (excluding diaryl/α,β-unsaturated/α-hetero) is 1. The molecule has 1 fully saturated rings. The van der Waals surface area contributed by atoms with E-state index < -0.39 is 11.7 Å². The Hall–Kier alpha value is -2.37. The zero-order valence-corrected chi connectivity index (χ0v) is 11.1. The van der Waals surface area contributed by atoms with Crippen molar-refractivity contribution in [2.45, 2.75) is 19.4 Å². The summed E-state index contributed by atoms with van der Waals surface area (Å²) in [7, 11) is 0. The first kappa shape index (κ1) is 12.7. The number of amides is 2. The lowest BCUT2D eigenvalue weighted by molar-refractivity contribution is -0.123. The first-order chi connectivity index (χ1) is 9.61. The van der Waals surface area contributed by atoms with E-state index in [1.54, 1.807) is 18.2 Å². The van der Waals surface area contributed by atoms with Gasteiger partial charge >= 0.3 is 0 Å². The van der Waals surface area contributed by atoms with E-state index in [0.29, 0.717) is 30.8 Å². The molecular formula is C14H15N3O3. The Morgan fingerprint density at radius 1 is 1.30 bits per heavy atom. The smallest absolute Gasteiger partial charge is 0.296 e. The van der Waals surface area contributed by atoms with Gasteiger partial charge in [0.25, 0.3) is 11.7 Å². The quantitative estimate of drug-likeness (QED) is 0.771. The molecule has 1 unspecified atom stereocenters. The number of nitrogens with one attached hydrogen (secondary N) is 2. The molecule has 20 heavy (non-hydrogen) atoms. The van der Waals surface area contributed by atoms with E-state index in [-0.39, 0.29) is 11.9 Å². The van der Waals surface area contributed by atoms with Crippen LogP contribution in [0.2, 0.25) is 0 Å². The SMILES string of the molecule is CCC1C(=O)NCCN1c1ccc2c(c1)NC(=O)C2=O. The summed E-state index contributed by atoms with van der Waals surface area (Å²) in [5.74, 6) is -1.09. The van der Waals surface area contributed by atoms with Crippen LogP contribution in [0.4, 0.5) is 11.4 Å². The monoisotopic (exact) mass is 273 g/mol. The van der Waals surface area contributed by atoms with Crippen molar-refractivity contribution < 1.29 is 14.4 Å². The first-order valence-corrected chi connectivity index (χ1v) is 6.66.